The number of rotatable bonds is 5. The van der Waals surface area contributed by atoms with Gasteiger partial charge in [0.25, 0.3) is 0 Å². The molecule has 0 atom stereocenters. The number of carbonyl (C=O) groups excluding carboxylic acids is 1. The van der Waals surface area contributed by atoms with Crippen molar-refractivity contribution < 1.29 is 9.53 Å². The van der Waals surface area contributed by atoms with Crippen molar-refractivity contribution in [2.45, 2.75) is 18.8 Å². The zero-order chi connectivity index (χ0) is 14.7. The van der Waals surface area contributed by atoms with Crippen LogP contribution in [-0.4, -0.2) is 41.6 Å². The van der Waals surface area contributed by atoms with E-state index in [4.69, 9.17) is 16.3 Å². The van der Waals surface area contributed by atoms with Crippen molar-refractivity contribution in [2.75, 3.05) is 21.2 Å². The molecule has 0 spiro atoms. The van der Waals surface area contributed by atoms with Crippen LogP contribution in [0.3, 0.4) is 0 Å². The molecule has 0 aliphatic carbocycles. The maximum Gasteiger partial charge on any atom is 0.223 e. The molecule has 2 aromatic rings. The number of aromatic nitrogens is 2. The Hall–Kier alpha value is -1.75. The Morgan fingerprint density at radius 2 is 2.20 bits per heavy atom. The van der Waals surface area contributed by atoms with Gasteiger partial charge in [-0.1, -0.05) is 0 Å². The van der Waals surface area contributed by atoms with Gasteiger partial charge in [0.2, 0.25) is 5.91 Å². The maximum atomic E-state index is 11.7. The maximum absolute atomic E-state index is 11.7. The lowest BCUT2D eigenvalue weighted by Crippen LogP contribution is -2.23. The van der Waals surface area contributed by atoms with Crippen LogP contribution in [0.15, 0.2) is 18.2 Å². The van der Waals surface area contributed by atoms with Crippen molar-refractivity contribution in [1.29, 1.82) is 0 Å². The number of alkyl halides is 1. The first-order chi connectivity index (χ1) is 9.56. The zero-order valence-corrected chi connectivity index (χ0v) is 12.6. The number of imidazole rings is 1. The summed E-state index contributed by atoms with van der Waals surface area (Å²) in [6, 6.07) is 5.69. The highest BCUT2D eigenvalue weighted by atomic mass is 35.5. The summed E-state index contributed by atoms with van der Waals surface area (Å²) >= 11 is 5.95. The van der Waals surface area contributed by atoms with E-state index in [1.165, 1.54) is 0 Å². The standard InChI is InChI=1S/C14H18ClN3O2/c1-17(2)14(19)6-7-18-12-5-4-10(20-3)8-11(12)16-13(18)9-15/h4-5,8H,6-7,9H2,1-3H3. The molecule has 0 bridgehead atoms. The van der Waals surface area contributed by atoms with E-state index in [1.807, 2.05) is 22.8 Å². The summed E-state index contributed by atoms with van der Waals surface area (Å²) in [4.78, 5) is 17.8. The summed E-state index contributed by atoms with van der Waals surface area (Å²) in [6.07, 6.45) is 0.425. The molecule has 1 aromatic heterocycles. The third-order valence-corrected chi connectivity index (χ3v) is 3.44. The summed E-state index contributed by atoms with van der Waals surface area (Å²) in [6.45, 7) is 0.571. The minimum absolute atomic E-state index is 0.0842. The lowest BCUT2D eigenvalue weighted by molar-refractivity contribution is -0.128. The van der Waals surface area contributed by atoms with Crippen LogP contribution in [0.5, 0.6) is 5.75 Å². The van der Waals surface area contributed by atoms with Crippen molar-refractivity contribution in [3.05, 3.63) is 24.0 Å². The quantitative estimate of drug-likeness (QED) is 0.795. The molecule has 20 heavy (non-hydrogen) atoms. The van der Waals surface area contributed by atoms with Crippen LogP contribution < -0.4 is 4.74 Å². The number of fused-ring (bicyclic) bond motifs is 1. The minimum Gasteiger partial charge on any atom is -0.497 e. The number of hydrogen-bond acceptors (Lipinski definition) is 3. The predicted octanol–water partition coefficient (Wildman–Crippen LogP) is 2.26. The van der Waals surface area contributed by atoms with E-state index in [2.05, 4.69) is 4.98 Å². The molecule has 0 unspecified atom stereocenters. The molecule has 0 saturated carbocycles. The average Bonchev–Trinajstić information content (AvgIpc) is 2.81. The smallest absolute Gasteiger partial charge is 0.223 e. The Kier molecular flexibility index (Phi) is 4.49. The zero-order valence-electron chi connectivity index (χ0n) is 11.9. The Morgan fingerprint density at radius 3 is 2.80 bits per heavy atom. The Labute approximate surface area is 123 Å². The molecule has 0 N–H and O–H groups in total. The molecule has 0 radical (unpaired) electrons. The third-order valence-electron chi connectivity index (χ3n) is 3.20. The van der Waals surface area contributed by atoms with Gasteiger partial charge in [0.1, 0.15) is 11.6 Å². The van der Waals surface area contributed by atoms with Crippen molar-refractivity contribution in [3.8, 4) is 5.75 Å². The van der Waals surface area contributed by atoms with E-state index in [-0.39, 0.29) is 5.91 Å². The second-order valence-corrected chi connectivity index (χ2v) is 4.97. The van der Waals surface area contributed by atoms with Crippen LogP contribution in [0.4, 0.5) is 0 Å². The van der Waals surface area contributed by atoms with Gasteiger partial charge in [-0.15, -0.1) is 11.6 Å². The summed E-state index contributed by atoms with van der Waals surface area (Å²) < 4.78 is 7.18. The fraction of sp³-hybridized carbons (Fsp3) is 0.429. The second-order valence-electron chi connectivity index (χ2n) is 4.71. The SMILES string of the molecule is COc1ccc2c(c1)nc(CCl)n2CCC(=O)N(C)C. The van der Waals surface area contributed by atoms with Gasteiger partial charge in [0.05, 0.1) is 24.0 Å². The number of hydrogen-bond donors (Lipinski definition) is 0. The minimum atomic E-state index is 0.0842. The Balaban J connectivity index is 2.33. The normalized spacial score (nSPS) is 10.8. The molecule has 1 aromatic carbocycles. The Bertz CT molecular complexity index is 622. The lowest BCUT2D eigenvalue weighted by Gasteiger charge is -2.12. The van der Waals surface area contributed by atoms with E-state index in [0.29, 0.717) is 18.8 Å². The monoisotopic (exact) mass is 295 g/mol. The molecule has 0 aliphatic rings. The van der Waals surface area contributed by atoms with Gasteiger partial charge < -0.3 is 14.2 Å². The number of halogens is 1. The molecule has 108 valence electrons. The van der Waals surface area contributed by atoms with Crippen LogP contribution in [-0.2, 0) is 17.2 Å². The number of nitrogens with zero attached hydrogens (tertiary/aromatic N) is 3. The highest BCUT2D eigenvalue weighted by Crippen LogP contribution is 2.23. The summed E-state index contributed by atoms with van der Waals surface area (Å²) in [5.41, 5.74) is 1.80. The van der Waals surface area contributed by atoms with E-state index < -0.39 is 0 Å². The lowest BCUT2D eigenvalue weighted by atomic mass is 10.3. The molecule has 2 rings (SSSR count). The number of carbonyl (C=O) groups is 1. The fourth-order valence-electron chi connectivity index (χ4n) is 2.07. The average molecular weight is 296 g/mol. The van der Waals surface area contributed by atoms with Gasteiger partial charge in [-0.05, 0) is 12.1 Å². The predicted molar refractivity (Wildman–Crippen MR) is 79.2 cm³/mol. The third kappa shape index (κ3) is 2.88. The molecule has 1 heterocycles. The van der Waals surface area contributed by atoms with Crippen LogP contribution in [0.25, 0.3) is 11.0 Å². The molecule has 1 amide bonds. The highest BCUT2D eigenvalue weighted by Gasteiger charge is 2.12. The summed E-state index contributed by atoms with van der Waals surface area (Å²) in [5, 5.41) is 0. The van der Waals surface area contributed by atoms with Crippen molar-refractivity contribution in [2.24, 2.45) is 0 Å². The first kappa shape index (κ1) is 14.7. The second kappa shape index (κ2) is 6.13. The van der Waals surface area contributed by atoms with Gasteiger partial charge in [0.15, 0.2) is 0 Å². The molecular weight excluding hydrogens is 278 g/mol. The summed E-state index contributed by atoms with van der Waals surface area (Å²) in [5.74, 6) is 1.92. The van der Waals surface area contributed by atoms with Gasteiger partial charge in [-0.2, -0.15) is 0 Å². The number of ether oxygens (including phenoxy) is 1. The first-order valence-electron chi connectivity index (χ1n) is 6.36. The number of benzene rings is 1. The molecule has 0 aliphatic heterocycles. The van der Waals surface area contributed by atoms with E-state index >= 15 is 0 Å². The largest absolute Gasteiger partial charge is 0.497 e. The van der Waals surface area contributed by atoms with Crippen LogP contribution in [0.1, 0.15) is 12.2 Å². The molecule has 0 saturated heterocycles. The molecule has 5 nitrogen and oxygen atoms in total. The highest BCUT2D eigenvalue weighted by molar-refractivity contribution is 6.16. The van der Waals surface area contributed by atoms with Crippen molar-refractivity contribution in [1.82, 2.24) is 14.5 Å². The van der Waals surface area contributed by atoms with Gasteiger partial charge in [-0.25, -0.2) is 4.98 Å². The van der Waals surface area contributed by atoms with E-state index in [9.17, 15) is 4.79 Å². The molecule has 0 fully saturated rings. The van der Waals surface area contributed by atoms with Gasteiger partial charge in [-0.3, -0.25) is 4.79 Å². The van der Waals surface area contributed by atoms with E-state index in [1.54, 1.807) is 26.1 Å². The van der Waals surface area contributed by atoms with Crippen LogP contribution >= 0.6 is 11.6 Å². The topological polar surface area (TPSA) is 47.4 Å². The Morgan fingerprint density at radius 1 is 1.45 bits per heavy atom. The summed E-state index contributed by atoms with van der Waals surface area (Å²) in [7, 11) is 5.12. The molecule has 6 heteroatoms. The van der Waals surface area contributed by atoms with E-state index in [0.717, 1.165) is 22.6 Å². The molecular formula is C14H18ClN3O2. The first-order valence-corrected chi connectivity index (χ1v) is 6.89. The number of methoxy groups -OCH3 is 1. The fourth-order valence-corrected chi connectivity index (χ4v) is 2.27. The van der Waals surface area contributed by atoms with Crippen LogP contribution in [0, 0.1) is 0 Å². The van der Waals surface area contributed by atoms with Crippen molar-refractivity contribution in [3.63, 3.8) is 0 Å². The number of aryl methyl sites for hydroxylation is 1. The van der Waals surface area contributed by atoms with Gasteiger partial charge >= 0.3 is 0 Å². The van der Waals surface area contributed by atoms with Gasteiger partial charge in [0, 0.05) is 33.1 Å². The van der Waals surface area contributed by atoms with Crippen LogP contribution in [0.2, 0.25) is 0 Å². The number of amides is 1. The van der Waals surface area contributed by atoms with Crippen molar-refractivity contribution >= 4 is 28.5 Å².